The lowest BCUT2D eigenvalue weighted by atomic mass is 10.2. The molecule has 9 nitrogen and oxygen atoms in total. The zero-order chi connectivity index (χ0) is 23.6. The first-order valence-corrected chi connectivity index (χ1v) is 12.6. The van der Waals surface area contributed by atoms with Crippen molar-refractivity contribution in [2.24, 2.45) is 0 Å². The molecule has 4 rings (SSSR count). The van der Waals surface area contributed by atoms with Crippen LogP contribution in [0.2, 0.25) is 0 Å². The number of thiophene rings is 1. The lowest BCUT2D eigenvalue weighted by molar-refractivity contribution is -0.384. The SMILES string of the molecule is Cc1ccc(NS(=O)(=O)c2ccsc2C(=O)N2CCN(c3ccc([N+](=O)[O-])cc3)CC2)cc1. The zero-order valence-electron chi connectivity index (χ0n) is 17.8. The maximum absolute atomic E-state index is 13.1. The van der Waals surface area contributed by atoms with Crippen molar-refractivity contribution in [2.75, 3.05) is 35.8 Å². The van der Waals surface area contributed by atoms with Crippen LogP contribution in [0.25, 0.3) is 0 Å². The van der Waals surface area contributed by atoms with Crippen molar-refractivity contribution in [3.63, 3.8) is 0 Å². The highest BCUT2D eigenvalue weighted by atomic mass is 32.2. The fraction of sp³-hybridized carbons (Fsp3) is 0.227. The zero-order valence-corrected chi connectivity index (χ0v) is 19.4. The van der Waals surface area contributed by atoms with Gasteiger partial charge in [-0.15, -0.1) is 11.3 Å². The molecular formula is C22H22N4O5S2. The Morgan fingerprint density at radius 2 is 1.64 bits per heavy atom. The normalized spacial score (nSPS) is 14.2. The second kappa shape index (κ2) is 9.20. The molecule has 0 aliphatic carbocycles. The van der Waals surface area contributed by atoms with E-state index in [2.05, 4.69) is 4.72 Å². The predicted octanol–water partition coefficient (Wildman–Crippen LogP) is 3.73. The van der Waals surface area contributed by atoms with E-state index in [1.807, 2.05) is 24.0 Å². The molecule has 1 amide bonds. The molecule has 11 heteroatoms. The first-order valence-electron chi connectivity index (χ1n) is 10.2. The number of carbonyl (C=O) groups is 1. The van der Waals surface area contributed by atoms with Crippen LogP contribution >= 0.6 is 11.3 Å². The Morgan fingerprint density at radius 3 is 2.24 bits per heavy atom. The first-order chi connectivity index (χ1) is 15.7. The average molecular weight is 487 g/mol. The van der Waals surface area contributed by atoms with Crippen molar-refractivity contribution >= 4 is 44.3 Å². The van der Waals surface area contributed by atoms with Gasteiger partial charge in [0.1, 0.15) is 9.77 Å². The Labute approximate surface area is 195 Å². The number of nitro groups is 1. The summed E-state index contributed by atoms with van der Waals surface area (Å²) < 4.78 is 28.4. The molecule has 0 radical (unpaired) electrons. The summed E-state index contributed by atoms with van der Waals surface area (Å²) in [5.41, 5.74) is 2.31. The number of benzene rings is 2. The summed E-state index contributed by atoms with van der Waals surface area (Å²) >= 11 is 1.10. The predicted molar refractivity (Wildman–Crippen MR) is 128 cm³/mol. The largest absolute Gasteiger partial charge is 0.368 e. The molecule has 3 aromatic rings. The second-order valence-electron chi connectivity index (χ2n) is 7.64. The van der Waals surface area contributed by atoms with Gasteiger partial charge in [-0.25, -0.2) is 8.42 Å². The maximum atomic E-state index is 13.1. The van der Waals surface area contributed by atoms with Crippen LogP contribution in [0.3, 0.4) is 0 Å². The molecule has 0 spiro atoms. The summed E-state index contributed by atoms with van der Waals surface area (Å²) in [4.78, 5) is 27.4. The molecule has 2 heterocycles. The van der Waals surface area contributed by atoms with Crippen molar-refractivity contribution in [2.45, 2.75) is 11.8 Å². The summed E-state index contributed by atoms with van der Waals surface area (Å²) in [6, 6.07) is 14.7. The third-order valence-electron chi connectivity index (χ3n) is 5.41. The molecule has 1 saturated heterocycles. The quantitative estimate of drug-likeness (QED) is 0.420. The van der Waals surface area contributed by atoms with Gasteiger partial charge in [0, 0.05) is 49.7 Å². The number of piperazine rings is 1. The van der Waals surface area contributed by atoms with E-state index in [1.165, 1.54) is 18.2 Å². The molecule has 0 atom stereocenters. The van der Waals surface area contributed by atoms with Crippen LogP contribution in [0.5, 0.6) is 0 Å². The van der Waals surface area contributed by atoms with E-state index in [0.717, 1.165) is 22.6 Å². The van der Waals surface area contributed by atoms with Crippen molar-refractivity contribution in [1.82, 2.24) is 4.90 Å². The first kappa shape index (κ1) is 22.7. The van der Waals surface area contributed by atoms with Gasteiger partial charge in [0.05, 0.1) is 4.92 Å². The fourth-order valence-corrected chi connectivity index (χ4v) is 6.04. The number of nitro benzene ring substituents is 1. The molecule has 172 valence electrons. The Morgan fingerprint density at radius 1 is 1.00 bits per heavy atom. The van der Waals surface area contributed by atoms with Gasteiger partial charge < -0.3 is 9.80 Å². The van der Waals surface area contributed by atoms with Gasteiger partial charge in [-0.2, -0.15) is 0 Å². The van der Waals surface area contributed by atoms with E-state index in [0.29, 0.717) is 31.9 Å². The Hall–Kier alpha value is -3.44. The van der Waals surface area contributed by atoms with E-state index in [4.69, 9.17) is 0 Å². The molecule has 0 saturated carbocycles. The van der Waals surface area contributed by atoms with Gasteiger partial charge in [-0.3, -0.25) is 19.6 Å². The Bertz CT molecular complexity index is 1260. The standard InChI is InChI=1S/C22H22N4O5S2/c1-16-2-4-17(5-3-16)23-33(30,31)20-10-15-32-21(20)22(27)25-13-11-24(12-14-25)18-6-8-19(9-7-18)26(28)29/h2-10,15,23H,11-14H2,1H3. The summed E-state index contributed by atoms with van der Waals surface area (Å²) in [5.74, 6) is -0.322. The van der Waals surface area contributed by atoms with Gasteiger partial charge in [0.15, 0.2) is 0 Å². The van der Waals surface area contributed by atoms with Gasteiger partial charge >= 0.3 is 0 Å². The number of rotatable bonds is 6. The van der Waals surface area contributed by atoms with Crippen molar-refractivity contribution < 1.29 is 18.1 Å². The smallest absolute Gasteiger partial charge is 0.269 e. The second-order valence-corrected chi connectivity index (χ2v) is 10.2. The van der Waals surface area contributed by atoms with Crippen molar-refractivity contribution in [3.8, 4) is 0 Å². The molecule has 2 aromatic carbocycles. The molecule has 1 aromatic heterocycles. The van der Waals surface area contributed by atoms with E-state index >= 15 is 0 Å². The Balaban J connectivity index is 1.44. The number of nitrogens with one attached hydrogen (secondary N) is 1. The summed E-state index contributed by atoms with van der Waals surface area (Å²) in [6.07, 6.45) is 0. The third-order valence-corrected chi connectivity index (χ3v) is 7.86. The summed E-state index contributed by atoms with van der Waals surface area (Å²) in [6.45, 7) is 3.82. The monoisotopic (exact) mass is 486 g/mol. The number of nitrogens with zero attached hydrogens (tertiary/aromatic N) is 3. The third kappa shape index (κ3) is 4.99. The minimum Gasteiger partial charge on any atom is -0.368 e. The minimum atomic E-state index is -3.91. The molecule has 0 unspecified atom stereocenters. The van der Waals surface area contributed by atoms with Gasteiger partial charge in [-0.1, -0.05) is 17.7 Å². The molecule has 1 N–H and O–H groups in total. The number of aryl methyl sites for hydroxylation is 1. The summed E-state index contributed by atoms with van der Waals surface area (Å²) in [5, 5.41) is 12.4. The molecule has 1 aliphatic rings. The van der Waals surface area contributed by atoms with E-state index in [9.17, 15) is 23.3 Å². The van der Waals surface area contributed by atoms with E-state index < -0.39 is 14.9 Å². The van der Waals surface area contributed by atoms with Gasteiger partial charge in [0.2, 0.25) is 0 Å². The number of carbonyl (C=O) groups excluding carboxylic acids is 1. The van der Waals surface area contributed by atoms with Gasteiger partial charge in [0.25, 0.3) is 21.6 Å². The molecule has 1 aliphatic heterocycles. The van der Waals surface area contributed by atoms with Crippen molar-refractivity contribution in [3.05, 3.63) is 80.5 Å². The number of sulfonamides is 1. The summed E-state index contributed by atoms with van der Waals surface area (Å²) in [7, 11) is -3.91. The van der Waals surface area contributed by atoms with E-state index in [1.54, 1.807) is 34.5 Å². The number of non-ortho nitro benzene ring substituents is 1. The molecule has 0 bridgehead atoms. The molecular weight excluding hydrogens is 464 g/mol. The van der Waals surface area contributed by atoms with Crippen LogP contribution < -0.4 is 9.62 Å². The van der Waals surface area contributed by atoms with E-state index in [-0.39, 0.29) is 21.4 Å². The lowest BCUT2D eigenvalue weighted by Gasteiger charge is -2.36. The van der Waals surface area contributed by atoms with Crippen LogP contribution in [-0.4, -0.2) is 50.3 Å². The average Bonchev–Trinajstić information content (AvgIpc) is 3.31. The van der Waals surface area contributed by atoms with Crippen LogP contribution in [0.1, 0.15) is 15.2 Å². The maximum Gasteiger partial charge on any atom is 0.269 e. The molecule has 33 heavy (non-hydrogen) atoms. The minimum absolute atomic E-state index is 0.0262. The number of amides is 1. The van der Waals surface area contributed by atoms with Gasteiger partial charge in [-0.05, 0) is 42.6 Å². The van der Waals surface area contributed by atoms with Crippen molar-refractivity contribution in [1.29, 1.82) is 0 Å². The van der Waals surface area contributed by atoms with Crippen LogP contribution in [0.4, 0.5) is 17.1 Å². The number of hydrogen-bond acceptors (Lipinski definition) is 7. The highest BCUT2D eigenvalue weighted by molar-refractivity contribution is 7.93. The highest BCUT2D eigenvalue weighted by Gasteiger charge is 2.29. The van der Waals surface area contributed by atoms with Crippen LogP contribution in [0, 0.1) is 17.0 Å². The lowest BCUT2D eigenvalue weighted by Crippen LogP contribution is -2.48. The topological polar surface area (TPSA) is 113 Å². The fourth-order valence-electron chi connectivity index (χ4n) is 3.59. The number of hydrogen-bond donors (Lipinski definition) is 1. The molecule has 1 fully saturated rings. The van der Waals surface area contributed by atoms with Crippen LogP contribution in [-0.2, 0) is 10.0 Å². The highest BCUT2D eigenvalue weighted by Crippen LogP contribution is 2.27. The Kier molecular flexibility index (Phi) is 6.34. The number of anilines is 2. The van der Waals surface area contributed by atoms with Crippen LogP contribution in [0.15, 0.2) is 64.9 Å².